The molecule has 4 aliphatic heterocycles. The molecule has 40 heteroatoms. The number of ether oxygens (including phenoxy) is 8. The maximum Gasteiger partial charge on any atom is 0.328 e. The number of nitrogens with one attached hydrogen (secondary N) is 4. The molecule has 3 fully saturated rings. The van der Waals surface area contributed by atoms with E-state index in [1.165, 1.54) is 31.4 Å². The largest absolute Gasteiger partial charge is 0.493 e. The third-order valence-electron chi connectivity index (χ3n) is 26.0. The third kappa shape index (κ3) is 23.3. The molecule has 12 aromatic carbocycles. The third-order valence-corrected chi connectivity index (χ3v) is 29.0. The second-order valence-corrected chi connectivity index (χ2v) is 39.3. The molecule has 4 N–H and O–H groups in total. The Bertz CT molecular complexity index is 6660. The molecule has 0 radical (unpaired) electrons. The molecule has 19 rings (SSSR count). The summed E-state index contributed by atoms with van der Waals surface area (Å²) in [6.45, 7) is 1.92. The van der Waals surface area contributed by atoms with Crippen LogP contribution < -0.4 is 40.2 Å². The summed E-state index contributed by atoms with van der Waals surface area (Å²) in [4.78, 5) is 102. The van der Waals surface area contributed by atoms with E-state index in [1.807, 2.05) is 6.07 Å². The highest BCUT2D eigenvalue weighted by Crippen LogP contribution is 2.62. The molecule has 3 saturated carbocycles. The Hall–Kier alpha value is -12.2. The Morgan fingerprint density at radius 1 is 0.306 bits per heavy atom. The van der Waals surface area contributed by atoms with Crippen molar-refractivity contribution in [3.8, 4) is 67.5 Å². The number of benzene rings is 12. The summed E-state index contributed by atoms with van der Waals surface area (Å²) >= 11 is 63.0. The fourth-order valence-electron chi connectivity index (χ4n) is 18.8. The van der Waals surface area contributed by atoms with Crippen molar-refractivity contribution in [2.24, 2.45) is 17.8 Å². The van der Waals surface area contributed by atoms with Crippen molar-refractivity contribution in [2.75, 3.05) is 54.9 Å². The number of amides is 4. The molecule has 4 amide bonds. The Morgan fingerprint density at radius 3 is 0.810 bits per heavy atom. The van der Waals surface area contributed by atoms with Gasteiger partial charge in [0.2, 0.25) is 0 Å². The average Bonchev–Trinajstić information content (AvgIpc) is 1.59. The van der Waals surface area contributed by atoms with Gasteiger partial charge in [-0.25, -0.2) is 63.1 Å². The Balaban J connectivity index is 0.000000140. The normalized spacial score (nSPS) is 17.0. The first-order chi connectivity index (χ1) is 70.3. The molecule has 12 aromatic rings. The van der Waals surface area contributed by atoms with Crippen LogP contribution in [0.1, 0.15) is 129 Å². The molecule has 3 aliphatic carbocycles. The average molecular weight is 2220 g/mol. The van der Waals surface area contributed by atoms with Gasteiger partial charge in [0.05, 0.1) is 111 Å². The van der Waals surface area contributed by atoms with Gasteiger partial charge in [-0.3, -0.25) is 19.2 Å². The van der Waals surface area contributed by atoms with Crippen molar-refractivity contribution < 1.29 is 120 Å². The fraction of sp³-hybridized carbons (Fsp3) is 0.252. The Morgan fingerprint density at radius 2 is 0.544 bits per heavy atom. The van der Waals surface area contributed by atoms with Gasteiger partial charge in [-0.1, -0.05) is 189 Å². The van der Waals surface area contributed by atoms with Crippen LogP contribution in [0.25, 0.3) is 44.5 Å². The van der Waals surface area contributed by atoms with Crippen molar-refractivity contribution >= 4 is 164 Å². The maximum atomic E-state index is 14.2. The highest BCUT2D eigenvalue weighted by Gasteiger charge is 2.50. The number of esters is 4. The van der Waals surface area contributed by atoms with E-state index in [0.717, 1.165) is 166 Å². The number of hydrogen-bond donors (Lipinski definition) is 4. The minimum atomic E-state index is -1.23. The van der Waals surface area contributed by atoms with Crippen LogP contribution in [0.15, 0.2) is 170 Å². The zero-order chi connectivity index (χ0) is 105. The molecule has 20 nitrogen and oxygen atoms in total. The van der Waals surface area contributed by atoms with Gasteiger partial charge < -0.3 is 59.2 Å². The van der Waals surface area contributed by atoms with Gasteiger partial charge in [0.25, 0.3) is 23.6 Å². The highest BCUT2D eigenvalue weighted by molar-refractivity contribution is 6.42. The smallest absolute Gasteiger partial charge is 0.328 e. The number of rotatable bonds is 24. The van der Waals surface area contributed by atoms with Crippen LogP contribution in [0.4, 0.5) is 43.9 Å². The minimum Gasteiger partial charge on any atom is -0.493 e. The molecule has 4 heterocycles. The standard InChI is InChI=1S/3C27H20Cl2F3NO4.C26H20Cl4FNO4/c3*1-36-27(35)21(33-26(34)24-19(31)3-2-4-20(24)32)8-12-5-6-15(23-17(28)9-14(30)10-18(23)29)25-22(12)16-7-13(16)11-37-25;1-35-26(34)21(32-25(33)23-17(27)5-2-6-18(23)28)10-13-7-8-16(24-15(13)4-3-9-36-24)22-19(29)11-14(31)12-20(22)30/h3*2-6,9-10,13,16,21H,7-8,11H2,1H3,(H,33,34);2,5-8,11-12,21H,3-4,9-10H2,1H3,(H,32,33)/t13?,16?,21-;13-,16-,21+;13-,16-,21-;21-/m0100/s1. The van der Waals surface area contributed by atoms with Crippen LogP contribution in [0.5, 0.6) is 23.0 Å². The van der Waals surface area contributed by atoms with E-state index in [1.54, 1.807) is 48.5 Å². The number of carbonyl (C=O) groups is 8. The van der Waals surface area contributed by atoms with Gasteiger partial charge in [-0.05, 0) is 175 Å². The zero-order valence-electron chi connectivity index (χ0n) is 77.2. The first kappa shape index (κ1) is 108. The molecule has 0 aromatic heterocycles. The molecular formula is C107H80Cl10F10N4O16. The van der Waals surface area contributed by atoms with Gasteiger partial charge in [0, 0.05) is 105 Å². The second-order valence-electron chi connectivity index (χ2n) is 35.2. The lowest BCUT2D eigenvalue weighted by Gasteiger charge is -2.26. The van der Waals surface area contributed by atoms with Gasteiger partial charge >= 0.3 is 23.9 Å². The van der Waals surface area contributed by atoms with Crippen LogP contribution >= 0.6 is 116 Å². The number of fused-ring (bicyclic) bond motifs is 10. The van der Waals surface area contributed by atoms with Crippen LogP contribution in [0.3, 0.4) is 0 Å². The van der Waals surface area contributed by atoms with E-state index in [4.69, 9.17) is 154 Å². The van der Waals surface area contributed by atoms with E-state index in [9.17, 15) is 82.3 Å². The number of hydrogen-bond acceptors (Lipinski definition) is 16. The fourth-order valence-corrected chi connectivity index (χ4v) is 22.0. The molecule has 10 atom stereocenters. The van der Waals surface area contributed by atoms with E-state index in [2.05, 4.69) is 21.3 Å². The molecular weight excluding hydrogens is 2140 g/mol. The molecule has 0 saturated heterocycles. The lowest BCUT2D eigenvalue weighted by molar-refractivity contribution is -0.143. The first-order valence-electron chi connectivity index (χ1n) is 45.3. The predicted octanol–water partition coefficient (Wildman–Crippen LogP) is 25.2. The lowest BCUT2D eigenvalue weighted by Crippen LogP contribution is -2.43. The second kappa shape index (κ2) is 45.9. The Labute approximate surface area is 883 Å². The van der Waals surface area contributed by atoms with Crippen LogP contribution in [-0.2, 0) is 70.2 Å². The number of halogens is 20. The molecule has 764 valence electrons. The summed E-state index contributed by atoms with van der Waals surface area (Å²) in [5.74, 6) is -12.0. The molecule has 0 bridgehead atoms. The SMILES string of the molecule is COC(=O)[C@H](Cc1ccc(-c2c(Cl)cc(F)cc2Cl)c2c1C1CC1CO2)NC(=O)c1c(F)cccc1F.COC(=O)[C@H](Cc1ccc(-c2c(Cl)cc(F)cc2Cl)c2c1CCCO2)NC(=O)c1c(Cl)cccc1Cl.COC(=O)[C@H](Cc1ccc(-c2c(Cl)cc(F)cc2Cl)c2c1[C@@H]1C[C@@H]1CO2)NC(=O)c1c(F)cccc1F.COC(=O)[C@H](Cc1ccc(-c2c(Cl)cc(F)cc2Cl)c2c1[C@H]1C[C@H]1CO2)NC(=O)c1c(F)cccc1F. The Kier molecular flexibility index (Phi) is 33.6. The summed E-state index contributed by atoms with van der Waals surface area (Å²) in [6.07, 6.45) is 4.07. The summed E-state index contributed by atoms with van der Waals surface area (Å²) in [5.41, 5.74) is 7.87. The van der Waals surface area contributed by atoms with E-state index >= 15 is 0 Å². The quantitative estimate of drug-likeness (QED) is 0.0249. The zero-order valence-corrected chi connectivity index (χ0v) is 84.8. The van der Waals surface area contributed by atoms with Gasteiger partial charge in [0.15, 0.2) is 0 Å². The van der Waals surface area contributed by atoms with Crippen molar-refractivity contribution in [2.45, 2.75) is 99.7 Å². The molecule has 7 aliphatic rings. The summed E-state index contributed by atoms with van der Waals surface area (Å²) in [7, 11) is 4.71. The lowest BCUT2D eigenvalue weighted by atomic mass is 9.89. The number of carbonyl (C=O) groups excluding carboxylic acids is 8. The van der Waals surface area contributed by atoms with E-state index in [-0.39, 0.29) is 99.2 Å². The van der Waals surface area contributed by atoms with Crippen LogP contribution in [0.2, 0.25) is 50.2 Å². The topological polar surface area (TPSA) is 259 Å². The maximum absolute atomic E-state index is 14.2. The van der Waals surface area contributed by atoms with Crippen molar-refractivity contribution in [1.82, 2.24) is 21.3 Å². The molecule has 2 unspecified atom stereocenters. The van der Waals surface area contributed by atoms with E-state index in [0.29, 0.717) is 135 Å². The molecule has 147 heavy (non-hydrogen) atoms. The predicted molar refractivity (Wildman–Crippen MR) is 534 cm³/mol. The monoisotopic (exact) mass is 2220 g/mol. The molecule has 0 spiro atoms. The van der Waals surface area contributed by atoms with Crippen molar-refractivity contribution in [1.29, 1.82) is 0 Å². The van der Waals surface area contributed by atoms with Crippen molar-refractivity contribution in [3.63, 3.8) is 0 Å². The summed E-state index contributed by atoms with van der Waals surface area (Å²) in [5, 5.41) is 11.2. The van der Waals surface area contributed by atoms with Gasteiger partial charge in [-0.15, -0.1) is 0 Å². The van der Waals surface area contributed by atoms with Gasteiger partial charge in [0.1, 0.15) is 122 Å². The van der Waals surface area contributed by atoms with E-state index < -0.39 is 147 Å². The summed E-state index contributed by atoms with van der Waals surface area (Å²) in [6, 6.07) is 32.4. The van der Waals surface area contributed by atoms with Crippen molar-refractivity contribution in [3.05, 3.63) is 345 Å². The van der Waals surface area contributed by atoms with Crippen LogP contribution in [-0.4, -0.2) is 127 Å². The first-order valence-corrected chi connectivity index (χ1v) is 49.1. The van der Waals surface area contributed by atoms with Gasteiger partial charge in [-0.2, -0.15) is 0 Å². The minimum absolute atomic E-state index is 0.0193. The summed E-state index contributed by atoms with van der Waals surface area (Å²) < 4.78 is 184. The van der Waals surface area contributed by atoms with Crippen LogP contribution in [0, 0.1) is 75.9 Å². The number of methoxy groups -OCH3 is 4. The highest BCUT2D eigenvalue weighted by atomic mass is 35.5.